The van der Waals surface area contributed by atoms with Gasteiger partial charge < -0.3 is 0 Å². The third-order valence-corrected chi connectivity index (χ3v) is 3.91. The van der Waals surface area contributed by atoms with Crippen LogP contribution in [0, 0.1) is 13.8 Å². The third-order valence-electron chi connectivity index (χ3n) is 2.77. The second-order valence-corrected chi connectivity index (χ2v) is 4.92. The Balaban J connectivity index is 2.34. The zero-order chi connectivity index (χ0) is 11.3. The second kappa shape index (κ2) is 6.31. The minimum Gasteiger partial charge on any atom is -0.268 e. The molecule has 0 N–H and O–H groups in total. The molecule has 0 amide bonds. The first-order chi connectivity index (χ1) is 7.16. The molecule has 3 heteroatoms. The summed E-state index contributed by atoms with van der Waals surface area (Å²) in [6.45, 7) is 7.47. The molecule has 0 aliphatic rings. The van der Waals surface area contributed by atoms with Crippen LogP contribution in [0.5, 0.6) is 0 Å². The summed E-state index contributed by atoms with van der Waals surface area (Å²) in [6, 6.07) is 0. The zero-order valence-corrected chi connectivity index (χ0v) is 11.6. The highest BCUT2D eigenvalue weighted by Gasteiger charge is 2.07. The van der Waals surface area contributed by atoms with E-state index in [2.05, 4.69) is 39.6 Å². The fourth-order valence-electron chi connectivity index (χ4n) is 1.76. The van der Waals surface area contributed by atoms with Crippen molar-refractivity contribution < 1.29 is 0 Å². The molecule has 1 aromatic heterocycles. The number of halogens is 1. The molecular formula is C12H21BrN2. The third kappa shape index (κ3) is 3.63. The maximum Gasteiger partial charge on any atom is 0.0738 e. The molecule has 0 spiro atoms. The first-order valence-electron chi connectivity index (χ1n) is 5.86. The second-order valence-electron chi connectivity index (χ2n) is 4.12. The van der Waals surface area contributed by atoms with E-state index in [1.54, 1.807) is 0 Å². The van der Waals surface area contributed by atoms with Gasteiger partial charge in [-0.25, -0.2) is 0 Å². The Morgan fingerprint density at radius 1 is 1.13 bits per heavy atom. The molecule has 0 aliphatic carbocycles. The normalized spacial score (nSPS) is 10.9. The van der Waals surface area contributed by atoms with E-state index < -0.39 is 0 Å². The van der Waals surface area contributed by atoms with Crippen molar-refractivity contribution in [2.45, 2.75) is 59.4 Å². The average Bonchev–Trinajstić information content (AvgIpc) is 2.46. The van der Waals surface area contributed by atoms with Crippen LogP contribution in [0.2, 0.25) is 0 Å². The fourth-order valence-corrected chi connectivity index (χ4v) is 2.04. The van der Waals surface area contributed by atoms with E-state index in [0.717, 1.165) is 16.7 Å². The quantitative estimate of drug-likeness (QED) is 0.709. The van der Waals surface area contributed by atoms with Crippen LogP contribution in [0.15, 0.2) is 4.47 Å². The van der Waals surface area contributed by atoms with Crippen molar-refractivity contribution in [1.29, 1.82) is 0 Å². The molecule has 0 radical (unpaired) electrons. The Bertz CT molecular complexity index is 305. The van der Waals surface area contributed by atoms with Crippen molar-refractivity contribution in [3.63, 3.8) is 0 Å². The van der Waals surface area contributed by atoms with Crippen LogP contribution in [0.1, 0.15) is 50.4 Å². The van der Waals surface area contributed by atoms with E-state index >= 15 is 0 Å². The number of aromatic nitrogens is 2. The first kappa shape index (κ1) is 12.8. The Morgan fingerprint density at radius 2 is 1.80 bits per heavy atom. The topological polar surface area (TPSA) is 17.8 Å². The van der Waals surface area contributed by atoms with Gasteiger partial charge in [-0.1, -0.05) is 32.6 Å². The molecule has 0 atom stereocenters. The van der Waals surface area contributed by atoms with Crippen LogP contribution in [-0.4, -0.2) is 9.78 Å². The maximum atomic E-state index is 4.50. The lowest BCUT2D eigenvalue weighted by atomic mass is 10.1. The highest BCUT2D eigenvalue weighted by molar-refractivity contribution is 9.10. The van der Waals surface area contributed by atoms with Gasteiger partial charge in [-0.2, -0.15) is 5.10 Å². The van der Waals surface area contributed by atoms with Crippen LogP contribution in [0.25, 0.3) is 0 Å². The van der Waals surface area contributed by atoms with E-state index in [1.165, 1.54) is 37.8 Å². The van der Waals surface area contributed by atoms with Gasteiger partial charge in [0.15, 0.2) is 0 Å². The lowest BCUT2D eigenvalue weighted by molar-refractivity contribution is 0.522. The molecule has 1 rings (SSSR count). The van der Waals surface area contributed by atoms with Gasteiger partial charge in [0.25, 0.3) is 0 Å². The van der Waals surface area contributed by atoms with Crippen LogP contribution >= 0.6 is 15.9 Å². The zero-order valence-electron chi connectivity index (χ0n) is 10.0. The highest BCUT2D eigenvalue weighted by atomic mass is 79.9. The summed E-state index contributed by atoms with van der Waals surface area (Å²) < 4.78 is 3.28. The molecule has 86 valence electrons. The largest absolute Gasteiger partial charge is 0.268 e. The maximum absolute atomic E-state index is 4.50. The van der Waals surface area contributed by atoms with Crippen molar-refractivity contribution in [2.24, 2.45) is 0 Å². The summed E-state index contributed by atoms with van der Waals surface area (Å²) in [5.74, 6) is 0. The van der Waals surface area contributed by atoms with Crippen LogP contribution in [0.4, 0.5) is 0 Å². The predicted molar refractivity (Wildman–Crippen MR) is 68.2 cm³/mol. The lowest BCUT2D eigenvalue weighted by Gasteiger charge is -2.03. The molecule has 0 aromatic carbocycles. The van der Waals surface area contributed by atoms with E-state index in [0.29, 0.717) is 0 Å². The van der Waals surface area contributed by atoms with E-state index in [-0.39, 0.29) is 0 Å². The van der Waals surface area contributed by atoms with Gasteiger partial charge in [0, 0.05) is 12.2 Å². The molecule has 0 fully saturated rings. The van der Waals surface area contributed by atoms with Crippen molar-refractivity contribution in [2.75, 3.05) is 0 Å². The monoisotopic (exact) mass is 272 g/mol. The first-order valence-corrected chi connectivity index (χ1v) is 6.65. The summed E-state index contributed by atoms with van der Waals surface area (Å²) >= 11 is 3.55. The van der Waals surface area contributed by atoms with Crippen molar-refractivity contribution >= 4 is 15.9 Å². The van der Waals surface area contributed by atoms with Crippen LogP contribution < -0.4 is 0 Å². The number of hydrogen-bond donors (Lipinski definition) is 0. The van der Waals surface area contributed by atoms with E-state index in [9.17, 15) is 0 Å². The SMILES string of the molecule is CCCCCCCn1nc(C)c(Br)c1C. The highest BCUT2D eigenvalue weighted by Crippen LogP contribution is 2.20. The Kier molecular flexibility index (Phi) is 5.37. The number of hydrogen-bond acceptors (Lipinski definition) is 1. The van der Waals surface area contributed by atoms with Gasteiger partial charge in [0.05, 0.1) is 10.2 Å². The molecular weight excluding hydrogens is 252 g/mol. The molecule has 0 unspecified atom stereocenters. The van der Waals surface area contributed by atoms with Crippen molar-refractivity contribution in [1.82, 2.24) is 9.78 Å². The Labute approximate surface area is 101 Å². The predicted octanol–water partition coefficient (Wildman–Crippen LogP) is 4.23. The van der Waals surface area contributed by atoms with E-state index in [1.807, 2.05) is 6.92 Å². The van der Waals surface area contributed by atoms with Gasteiger partial charge in [0.2, 0.25) is 0 Å². The van der Waals surface area contributed by atoms with Crippen molar-refractivity contribution in [3.05, 3.63) is 15.9 Å². The van der Waals surface area contributed by atoms with Crippen LogP contribution in [-0.2, 0) is 6.54 Å². The van der Waals surface area contributed by atoms with Crippen molar-refractivity contribution in [3.8, 4) is 0 Å². The Hall–Kier alpha value is -0.310. The lowest BCUT2D eigenvalue weighted by Crippen LogP contribution is -2.02. The number of rotatable bonds is 6. The molecule has 2 nitrogen and oxygen atoms in total. The molecule has 15 heavy (non-hydrogen) atoms. The summed E-state index contributed by atoms with van der Waals surface area (Å²) in [4.78, 5) is 0. The van der Waals surface area contributed by atoms with Crippen LogP contribution in [0.3, 0.4) is 0 Å². The molecule has 1 heterocycles. The number of nitrogens with zero attached hydrogens (tertiary/aromatic N) is 2. The molecule has 0 saturated heterocycles. The van der Waals surface area contributed by atoms with Gasteiger partial charge in [-0.05, 0) is 36.2 Å². The average molecular weight is 273 g/mol. The molecule has 0 bridgehead atoms. The molecule has 0 saturated carbocycles. The summed E-state index contributed by atoms with van der Waals surface area (Å²) in [7, 11) is 0. The number of aryl methyl sites for hydroxylation is 2. The van der Waals surface area contributed by atoms with Gasteiger partial charge >= 0.3 is 0 Å². The summed E-state index contributed by atoms with van der Waals surface area (Å²) in [5.41, 5.74) is 2.35. The van der Waals surface area contributed by atoms with E-state index in [4.69, 9.17) is 0 Å². The minimum absolute atomic E-state index is 1.06. The minimum atomic E-state index is 1.06. The smallest absolute Gasteiger partial charge is 0.0738 e. The Morgan fingerprint density at radius 3 is 2.33 bits per heavy atom. The molecule has 0 aliphatic heterocycles. The standard InChI is InChI=1S/C12H21BrN2/c1-4-5-6-7-8-9-15-11(3)12(13)10(2)14-15/h4-9H2,1-3H3. The molecule has 1 aromatic rings. The van der Waals surface area contributed by atoms with Gasteiger partial charge in [0.1, 0.15) is 0 Å². The summed E-state index contributed by atoms with van der Waals surface area (Å²) in [6.07, 6.45) is 6.60. The van der Waals surface area contributed by atoms with Gasteiger partial charge in [-0.3, -0.25) is 4.68 Å². The summed E-state index contributed by atoms with van der Waals surface area (Å²) in [5, 5.41) is 4.50. The fraction of sp³-hybridized carbons (Fsp3) is 0.750. The number of unbranched alkanes of at least 4 members (excludes halogenated alkanes) is 4. The van der Waals surface area contributed by atoms with Gasteiger partial charge in [-0.15, -0.1) is 0 Å².